The first-order valence-corrected chi connectivity index (χ1v) is 6.94. The summed E-state index contributed by atoms with van der Waals surface area (Å²) in [5.41, 5.74) is 8.54. The molecule has 0 aliphatic heterocycles. The van der Waals surface area contributed by atoms with Crippen molar-refractivity contribution in [1.29, 1.82) is 0 Å². The van der Waals surface area contributed by atoms with E-state index in [0.29, 0.717) is 11.5 Å². The van der Waals surface area contributed by atoms with E-state index in [0.717, 1.165) is 29.3 Å². The van der Waals surface area contributed by atoms with Gasteiger partial charge in [0.05, 0.1) is 12.2 Å². The summed E-state index contributed by atoms with van der Waals surface area (Å²) in [5, 5.41) is 0. The highest BCUT2D eigenvalue weighted by Gasteiger charge is 2.09. The van der Waals surface area contributed by atoms with Crippen LogP contribution >= 0.6 is 12.2 Å². The van der Waals surface area contributed by atoms with Gasteiger partial charge in [-0.15, -0.1) is 0 Å². The van der Waals surface area contributed by atoms with Gasteiger partial charge in [0.25, 0.3) is 0 Å². The minimum atomic E-state index is 0.387. The van der Waals surface area contributed by atoms with Crippen molar-refractivity contribution in [2.75, 3.05) is 11.4 Å². The maximum Gasteiger partial charge on any atom is 0.129 e. The third kappa shape index (κ3) is 3.51. The van der Waals surface area contributed by atoms with Gasteiger partial charge in [-0.1, -0.05) is 18.3 Å². The van der Waals surface area contributed by atoms with Crippen molar-refractivity contribution in [3.05, 3.63) is 53.5 Å². The molecule has 0 radical (unpaired) electrons. The van der Waals surface area contributed by atoms with Crippen molar-refractivity contribution in [2.24, 2.45) is 5.73 Å². The Balaban J connectivity index is 2.24. The number of hydrogen-bond acceptors (Lipinski definition) is 4. The van der Waals surface area contributed by atoms with E-state index in [-0.39, 0.29) is 0 Å². The van der Waals surface area contributed by atoms with E-state index in [1.54, 1.807) is 6.20 Å². The second-order valence-electron chi connectivity index (χ2n) is 4.55. The largest absolute Gasteiger partial charge is 0.389 e. The molecule has 0 saturated heterocycles. The van der Waals surface area contributed by atoms with Crippen LogP contribution in [0.2, 0.25) is 0 Å². The molecule has 2 aromatic rings. The number of hydrogen-bond donors (Lipinski definition) is 1. The molecule has 0 atom stereocenters. The van der Waals surface area contributed by atoms with E-state index in [1.165, 1.54) is 0 Å². The van der Waals surface area contributed by atoms with E-state index in [9.17, 15) is 0 Å². The van der Waals surface area contributed by atoms with Crippen LogP contribution in [0.15, 0.2) is 36.5 Å². The first kappa shape index (κ1) is 14.4. The number of pyridine rings is 2. The summed E-state index contributed by atoms with van der Waals surface area (Å²) in [4.78, 5) is 11.4. The van der Waals surface area contributed by atoms with Crippen LogP contribution in [-0.2, 0) is 6.54 Å². The third-order valence-electron chi connectivity index (χ3n) is 3.03. The lowest BCUT2D eigenvalue weighted by Crippen LogP contribution is -2.24. The van der Waals surface area contributed by atoms with Crippen LogP contribution in [-0.4, -0.2) is 21.5 Å². The standard InChI is InChI=1S/C15H18N4S/c1-3-19(10-13-6-4-5-11(2)18-13)14-9-12(15(16)20)7-8-17-14/h4-9H,3,10H2,1-2H3,(H2,16,20). The molecule has 2 heterocycles. The Morgan fingerprint density at radius 2 is 2.15 bits per heavy atom. The smallest absolute Gasteiger partial charge is 0.129 e. The van der Waals surface area contributed by atoms with Crippen molar-refractivity contribution < 1.29 is 0 Å². The monoisotopic (exact) mass is 286 g/mol. The lowest BCUT2D eigenvalue weighted by Gasteiger charge is -2.22. The van der Waals surface area contributed by atoms with Crippen molar-refractivity contribution in [2.45, 2.75) is 20.4 Å². The predicted octanol–water partition coefficient (Wildman–Crippen LogP) is 2.45. The molecule has 0 fully saturated rings. The number of nitrogens with zero attached hydrogens (tertiary/aromatic N) is 3. The van der Waals surface area contributed by atoms with Gasteiger partial charge in [0.15, 0.2) is 0 Å². The Morgan fingerprint density at radius 3 is 2.80 bits per heavy atom. The highest BCUT2D eigenvalue weighted by Crippen LogP contribution is 2.15. The first-order valence-electron chi connectivity index (χ1n) is 6.53. The Labute approximate surface area is 124 Å². The van der Waals surface area contributed by atoms with Gasteiger partial charge in [0.1, 0.15) is 10.8 Å². The van der Waals surface area contributed by atoms with Crippen LogP contribution < -0.4 is 10.6 Å². The van der Waals surface area contributed by atoms with E-state index in [1.807, 2.05) is 37.3 Å². The number of aryl methyl sites for hydroxylation is 1. The van der Waals surface area contributed by atoms with Gasteiger partial charge < -0.3 is 10.6 Å². The fraction of sp³-hybridized carbons (Fsp3) is 0.267. The number of nitrogens with two attached hydrogens (primary N) is 1. The molecule has 0 aromatic carbocycles. The lowest BCUT2D eigenvalue weighted by atomic mass is 10.2. The molecule has 0 spiro atoms. The maximum absolute atomic E-state index is 5.67. The quantitative estimate of drug-likeness (QED) is 0.856. The summed E-state index contributed by atoms with van der Waals surface area (Å²) in [6.45, 7) is 5.63. The highest BCUT2D eigenvalue weighted by atomic mass is 32.1. The van der Waals surface area contributed by atoms with Gasteiger partial charge >= 0.3 is 0 Å². The van der Waals surface area contributed by atoms with Gasteiger partial charge in [0, 0.05) is 24.0 Å². The Bertz CT molecular complexity index is 612. The predicted molar refractivity (Wildman–Crippen MR) is 85.8 cm³/mol. The van der Waals surface area contributed by atoms with Crippen molar-refractivity contribution in [3.8, 4) is 0 Å². The molecule has 0 unspecified atom stereocenters. The van der Waals surface area contributed by atoms with Gasteiger partial charge in [-0.25, -0.2) is 4.98 Å². The summed E-state index contributed by atoms with van der Waals surface area (Å²) in [6.07, 6.45) is 1.73. The molecule has 0 aliphatic rings. The molecule has 2 aromatic heterocycles. The maximum atomic E-state index is 5.67. The van der Waals surface area contributed by atoms with Gasteiger partial charge in [-0.05, 0) is 38.1 Å². The van der Waals surface area contributed by atoms with Crippen molar-refractivity contribution >= 4 is 23.0 Å². The SMILES string of the molecule is CCN(Cc1cccc(C)n1)c1cc(C(N)=S)ccn1. The molecule has 20 heavy (non-hydrogen) atoms. The summed E-state index contributed by atoms with van der Waals surface area (Å²) in [5.74, 6) is 0.862. The van der Waals surface area contributed by atoms with Crippen LogP contribution in [0.25, 0.3) is 0 Å². The molecule has 4 nitrogen and oxygen atoms in total. The van der Waals surface area contributed by atoms with Crippen LogP contribution in [0.5, 0.6) is 0 Å². The molecule has 5 heteroatoms. The molecule has 104 valence electrons. The minimum absolute atomic E-state index is 0.387. The molecule has 2 N–H and O–H groups in total. The van der Waals surface area contributed by atoms with Crippen LogP contribution in [0.4, 0.5) is 5.82 Å². The van der Waals surface area contributed by atoms with E-state index in [4.69, 9.17) is 18.0 Å². The molecular weight excluding hydrogens is 268 g/mol. The molecule has 0 saturated carbocycles. The Kier molecular flexibility index (Phi) is 4.63. The number of thiocarbonyl (C=S) groups is 1. The van der Waals surface area contributed by atoms with Crippen molar-refractivity contribution in [3.63, 3.8) is 0 Å². The average molecular weight is 286 g/mol. The molecule has 0 bridgehead atoms. The Hall–Kier alpha value is -2.01. The van der Waals surface area contributed by atoms with Crippen LogP contribution in [0.1, 0.15) is 23.9 Å². The van der Waals surface area contributed by atoms with Gasteiger partial charge in [0.2, 0.25) is 0 Å². The minimum Gasteiger partial charge on any atom is -0.389 e. The van der Waals surface area contributed by atoms with Crippen LogP contribution in [0, 0.1) is 6.92 Å². The van der Waals surface area contributed by atoms with E-state index >= 15 is 0 Å². The van der Waals surface area contributed by atoms with Gasteiger partial charge in [-0.2, -0.15) is 0 Å². The van der Waals surface area contributed by atoms with Gasteiger partial charge in [-0.3, -0.25) is 4.98 Å². The third-order valence-corrected chi connectivity index (χ3v) is 3.27. The average Bonchev–Trinajstić information content (AvgIpc) is 2.45. The normalized spacial score (nSPS) is 10.3. The fourth-order valence-corrected chi connectivity index (χ4v) is 2.11. The zero-order valence-corrected chi connectivity index (χ0v) is 12.5. The second-order valence-corrected chi connectivity index (χ2v) is 4.99. The van der Waals surface area contributed by atoms with E-state index in [2.05, 4.69) is 21.8 Å². The first-order chi connectivity index (χ1) is 9.60. The molecule has 2 rings (SSSR count). The zero-order valence-electron chi connectivity index (χ0n) is 11.7. The summed E-state index contributed by atoms with van der Waals surface area (Å²) in [6, 6.07) is 9.77. The lowest BCUT2D eigenvalue weighted by molar-refractivity contribution is 0.790. The molecule has 0 aliphatic carbocycles. The topological polar surface area (TPSA) is 55.0 Å². The Morgan fingerprint density at radius 1 is 1.35 bits per heavy atom. The number of rotatable bonds is 5. The van der Waals surface area contributed by atoms with Crippen LogP contribution in [0.3, 0.4) is 0 Å². The zero-order chi connectivity index (χ0) is 14.5. The summed E-state index contributed by atoms with van der Waals surface area (Å²) < 4.78 is 0. The number of anilines is 1. The molecular formula is C15H18N4S. The highest BCUT2D eigenvalue weighted by molar-refractivity contribution is 7.80. The van der Waals surface area contributed by atoms with E-state index < -0.39 is 0 Å². The van der Waals surface area contributed by atoms with Crippen molar-refractivity contribution in [1.82, 2.24) is 9.97 Å². The fourth-order valence-electron chi connectivity index (χ4n) is 1.98. The number of aromatic nitrogens is 2. The molecule has 0 amide bonds. The summed E-state index contributed by atoms with van der Waals surface area (Å²) in [7, 11) is 0. The second kappa shape index (κ2) is 6.43. The summed E-state index contributed by atoms with van der Waals surface area (Å²) >= 11 is 5.01.